The number of nitrogens with one attached hydrogen (secondary N) is 1. The molecule has 0 atom stereocenters. The van der Waals surface area contributed by atoms with Crippen molar-refractivity contribution in [3.63, 3.8) is 0 Å². The number of benzene rings is 1. The highest BCUT2D eigenvalue weighted by Gasteiger charge is 2.21. The van der Waals surface area contributed by atoms with Gasteiger partial charge in [0.15, 0.2) is 0 Å². The third-order valence-corrected chi connectivity index (χ3v) is 5.13. The molecule has 2 heterocycles. The van der Waals surface area contributed by atoms with Crippen molar-refractivity contribution in [1.82, 2.24) is 9.80 Å². The molecule has 0 aliphatic carbocycles. The van der Waals surface area contributed by atoms with Gasteiger partial charge in [0, 0.05) is 55.9 Å². The molecule has 0 spiro atoms. The normalized spacial score (nSPS) is 14.9. The lowest BCUT2D eigenvalue weighted by molar-refractivity contribution is 0.0930. The molecule has 1 fully saturated rings. The van der Waals surface area contributed by atoms with Crippen molar-refractivity contribution in [3.05, 3.63) is 40.2 Å². The van der Waals surface area contributed by atoms with Crippen LogP contribution in [0, 0.1) is 5.92 Å². The molecule has 1 saturated heterocycles. The van der Waals surface area contributed by atoms with Crippen LogP contribution < -0.4 is 10.9 Å². The lowest BCUT2D eigenvalue weighted by Gasteiger charge is -2.22. The number of carbonyl (C=O) groups excluding carboxylic acids is 2. The summed E-state index contributed by atoms with van der Waals surface area (Å²) in [5, 5.41) is 3.42. The molecule has 1 aliphatic heterocycles. The van der Waals surface area contributed by atoms with Gasteiger partial charge >= 0.3 is 17.8 Å². The standard InChI is InChI=1S/C23H31N3O6/c1-4-30-22(28)24-18-6-7-19-17(12-21(27)32-20(19)13-18)14-25-8-5-9-26(11-10-25)23(29)31-15-16(2)3/h6-7,12-13,16H,4-5,8-11,14-15H2,1-3H3,(H,24,28). The first kappa shape index (κ1) is 23.6. The van der Waals surface area contributed by atoms with Crippen molar-refractivity contribution >= 4 is 28.8 Å². The molecule has 0 saturated carbocycles. The zero-order valence-electron chi connectivity index (χ0n) is 18.9. The number of amides is 2. The lowest BCUT2D eigenvalue weighted by Crippen LogP contribution is -2.36. The number of nitrogens with zero attached hydrogens (tertiary/aromatic N) is 2. The molecule has 0 bridgehead atoms. The van der Waals surface area contributed by atoms with Crippen LogP contribution in [0.25, 0.3) is 11.0 Å². The zero-order valence-corrected chi connectivity index (χ0v) is 18.9. The Kier molecular flexibility index (Phi) is 8.10. The van der Waals surface area contributed by atoms with Gasteiger partial charge < -0.3 is 18.8 Å². The maximum absolute atomic E-state index is 12.3. The summed E-state index contributed by atoms with van der Waals surface area (Å²) in [6.07, 6.45) is -0.0107. The van der Waals surface area contributed by atoms with Crippen LogP contribution in [0.3, 0.4) is 0 Å². The second-order valence-corrected chi connectivity index (χ2v) is 8.23. The second kappa shape index (κ2) is 11.0. The Hall–Kier alpha value is -3.07. The molecule has 1 aromatic heterocycles. The molecule has 9 nitrogen and oxygen atoms in total. The molecule has 1 N–H and O–H groups in total. The van der Waals surface area contributed by atoms with Crippen LogP contribution in [-0.2, 0) is 16.0 Å². The van der Waals surface area contributed by atoms with Crippen LogP contribution in [-0.4, -0.2) is 61.4 Å². The van der Waals surface area contributed by atoms with E-state index in [0.717, 1.165) is 23.9 Å². The second-order valence-electron chi connectivity index (χ2n) is 8.23. The Balaban J connectivity index is 1.69. The van der Waals surface area contributed by atoms with Crippen LogP contribution in [0.5, 0.6) is 0 Å². The summed E-state index contributed by atoms with van der Waals surface area (Å²) >= 11 is 0. The van der Waals surface area contributed by atoms with Gasteiger partial charge in [-0.05, 0) is 37.0 Å². The minimum absolute atomic E-state index is 0.265. The summed E-state index contributed by atoms with van der Waals surface area (Å²) in [7, 11) is 0. The van der Waals surface area contributed by atoms with Crippen LogP contribution in [0.1, 0.15) is 32.8 Å². The van der Waals surface area contributed by atoms with Gasteiger partial charge in [-0.15, -0.1) is 0 Å². The number of rotatable bonds is 6. The Morgan fingerprint density at radius 3 is 2.69 bits per heavy atom. The van der Waals surface area contributed by atoms with Crippen LogP contribution >= 0.6 is 0 Å². The van der Waals surface area contributed by atoms with Crippen molar-refractivity contribution in [2.75, 3.05) is 44.7 Å². The fraction of sp³-hybridized carbons (Fsp3) is 0.522. The average Bonchev–Trinajstić information content (AvgIpc) is 2.97. The molecule has 3 rings (SSSR count). The predicted molar refractivity (Wildman–Crippen MR) is 121 cm³/mol. The van der Waals surface area contributed by atoms with Gasteiger partial charge in [-0.1, -0.05) is 13.8 Å². The first-order valence-electron chi connectivity index (χ1n) is 11.0. The summed E-state index contributed by atoms with van der Waals surface area (Å²) in [6.45, 7) is 9.68. The summed E-state index contributed by atoms with van der Waals surface area (Å²) in [4.78, 5) is 40.1. The van der Waals surface area contributed by atoms with E-state index in [9.17, 15) is 14.4 Å². The molecule has 0 unspecified atom stereocenters. The molecule has 2 aromatic rings. The minimum Gasteiger partial charge on any atom is -0.450 e. The molecule has 9 heteroatoms. The largest absolute Gasteiger partial charge is 0.450 e. The highest BCUT2D eigenvalue weighted by atomic mass is 16.6. The molecule has 32 heavy (non-hydrogen) atoms. The van der Waals surface area contributed by atoms with Crippen LogP contribution in [0.2, 0.25) is 0 Å². The number of hydrogen-bond donors (Lipinski definition) is 1. The highest BCUT2D eigenvalue weighted by Crippen LogP contribution is 2.23. The van der Waals surface area contributed by atoms with E-state index >= 15 is 0 Å². The maximum atomic E-state index is 12.3. The Bertz CT molecular complexity index is 1000. The molecule has 1 aliphatic rings. The monoisotopic (exact) mass is 445 g/mol. The van der Waals surface area contributed by atoms with Gasteiger partial charge in [-0.25, -0.2) is 14.4 Å². The first-order chi connectivity index (χ1) is 15.4. The molecule has 2 amide bonds. The molecular formula is C23H31N3O6. The number of hydrogen-bond acceptors (Lipinski definition) is 7. The van der Waals surface area contributed by atoms with Gasteiger partial charge in [-0.3, -0.25) is 10.2 Å². The van der Waals surface area contributed by atoms with E-state index in [0.29, 0.717) is 50.0 Å². The smallest absolute Gasteiger partial charge is 0.411 e. The third kappa shape index (κ3) is 6.46. The Labute approximate surface area is 187 Å². The average molecular weight is 446 g/mol. The Morgan fingerprint density at radius 1 is 1.12 bits per heavy atom. The van der Waals surface area contributed by atoms with E-state index in [1.807, 2.05) is 19.9 Å². The van der Waals surface area contributed by atoms with E-state index in [2.05, 4.69) is 10.2 Å². The number of anilines is 1. The molecule has 0 radical (unpaired) electrons. The van der Waals surface area contributed by atoms with E-state index in [4.69, 9.17) is 13.9 Å². The molecular weight excluding hydrogens is 414 g/mol. The summed E-state index contributed by atoms with van der Waals surface area (Å²) < 4.78 is 15.6. The van der Waals surface area contributed by atoms with E-state index in [1.165, 1.54) is 6.07 Å². The maximum Gasteiger partial charge on any atom is 0.411 e. The molecule has 1 aromatic carbocycles. The zero-order chi connectivity index (χ0) is 23.1. The van der Waals surface area contributed by atoms with Crippen molar-refractivity contribution < 1.29 is 23.5 Å². The van der Waals surface area contributed by atoms with E-state index in [-0.39, 0.29) is 12.7 Å². The van der Waals surface area contributed by atoms with Gasteiger partial charge in [0.2, 0.25) is 0 Å². The number of fused-ring (bicyclic) bond motifs is 1. The van der Waals surface area contributed by atoms with E-state index in [1.54, 1.807) is 24.0 Å². The minimum atomic E-state index is -0.564. The molecule has 174 valence electrons. The first-order valence-corrected chi connectivity index (χ1v) is 11.0. The number of carbonyl (C=O) groups is 2. The van der Waals surface area contributed by atoms with Gasteiger partial charge in [0.25, 0.3) is 0 Å². The number of ether oxygens (including phenoxy) is 2. The quantitative estimate of drug-likeness (QED) is 0.677. The third-order valence-electron chi connectivity index (χ3n) is 5.13. The lowest BCUT2D eigenvalue weighted by atomic mass is 10.1. The van der Waals surface area contributed by atoms with Crippen molar-refractivity contribution in [1.29, 1.82) is 0 Å². The highest BCUT2D eigenvalue weighted by molar-refractivity contribution is 5.89. The van der Waals surface area contributed by atoms with Crippen molar-refractivity contribution in [2.45, 2.75) is 33.7 Å². The summed E-state index contributed by atoms with van der Waals surface area (Å²) in [5.41, 5.74) is 1.28. The van der Waals surface area contributed by atoms with Gasteiger partial charge in [0.05, 0.1) is 13.2 Å². The van der Waals surface area contributed by atoms with Gasteiger partial charge in [0.1, 0.15) is 5.58 Å². The van der Waals surface area contributed by atoms with Gasteiger partial charge in [-0.2, -0.15) is 0 Å². The van der Waals surface area contributed by atoms with Crippen molar-refractivity contribution in [3.8, 4) is 0 Å². The predicted octanol–water partition coefficient (Wildman–Crippen LogP) is 3.66. The van der Waals surface area contributed by atoms with Crippen LogP contribution in [0.4, 0.5) is 15.3 Å². The van der Waals surface area contributed by atoms with Crippen LogP contribution in [0.15, 0.2) is 33.5 Å². The summed E-state index contributed by atoms with van der Waals surface area (Å²) in [6, 6.07) is 6.69. The Morgan fingerprint density at radius 2 is 1.94 bits per heavy atom. The fourth-order valence-electron chi connectivity index (χ4n) is 3.61. The SMILES string of the molecule is CCOC(=O)Nc1ccc2c(CN3CCCN(C(=O)OCC(C)C)CC3)cc(=O)oc2c1. The topological polar surface area (TPSA) is 101 Å². The fourth-order valence-corrected chi connectivity index (χ4v) is 3.61. The van der Waals surface area contributed by atoms with Crippen molar-refractivity contribution in [2.24, 2.45) is 5.92 Å². The summed E-state index contributed by atoms with van der Waals surface area (Å²) in [5.74, 6) is 0.300. The van der Waals surface area contributed by atoms with E-state index < -0.39 is 11.7 Å².